The molecule has 3 aromatic heterocycles. The minimum atomic E-state index is -2.02. The molecule has 13 heteroatoms. The number of benzene rings is 2. The summed E-state index contributed by atoms with van der Waals surface area (Å²) in [5, 5.41) is 27.6. The van der Waals surface area contributed by atoms with Crippen molar-refractivity contribution in [3.05, 3.63) is 107 Å². The summed E-state index contributed by atoms with van der Waals surface area (Å²) in [6.07, 6.45) is 7.27. The zero-order chi connectivity index (χ0) is 25.3. The molecule has 0 unspecified atom stereocenters. The molecule has 5 rings (SSSR count). The summed E-state index contributed by atoms with van der Waals surface area (Å²) in [4.78, 5) is 17.2. The van der Waals surface area contributed by atoms with Gasteiger partial charge in [0.05, 0.1) is 31.0 Å². The Kier molecular flexibility index (Phi) is 5.98. The van der Waals surface area contributed by atoms with Crippen LogP contribution in [0.5, 0.6) is 0 Å². The van der Waals surface area contributed by atoms with Crippen LogP contribution in [0.15, 0.2) is 78.6 Å². The highest BCUT2D eigenvalue weighted by molar-refractivity contribution is 5.34. The quantitative estimate of drug-likeness (QED) is 0.349. The van der Waals surface area contributed by atoms with E-state index in [0.29, 0.717) is 18.3 Å². The average molecular weight is 493 g/mol. The molecule has 2 atom stereocenters. The largest absolute Gasteiger partial charge is 0.381 e. The van der Waals surface area contributed by atoms with Gasteiger partial charge in [-0.2, -0.15) is 10.2 Å². The molecule has 5 aromatic rings. The average Bonchev–Trinajstić information content (AvgIpc) is 3.62. The molecule has 0 amide bonds. The second-order valence-corrected chi connectivity index (χ2v) is 8.31. The molecule has 0 saturated carbocycles. The Hall–Kier alpha value is -4.52. The maximum atomic E-state index is 14.8. The lowest BCUT2D eigenvalue weighted by molar-refractivity contribution is -0.0381. The van der Waals surface area contributed by atoms with Gasteiger partial charge in [0.2, 0.25) is 0 Å². The monoisotopic (exact) mass is 493 g/mol. The Bertz CT molecular complexity index is 1510. The van der Waals surface area contributed by atoms with E-state index in [1.807, 2.05) is 12.1 Å². The van der Waals surface area contributed by atoms with Crippen molar-refractivity contribution >= 4 is 0 Å². The van der Waals surface area contributed by atoms with Gasteiger partial charge < -0.3 is 5.11 Å². The summed E-state index contributed by atoms with van der Waals surface area (Å²) in [6.45, 7) is 1.79. The summed E-state index contributed by atoms with van der Waals surface area (Å²) in [6, 6.07) is 9.00. The van der Waals surface area contributed by atoms with E-state index in [1.165, 1.54) is 35.2 Å². The molecule has 36 heavy (non-hydrogen) atoms. The Morgan fingerprint density at radius 3 is 2.53 bits per heavy atom. The topological polar surface area (TPSA) is 121 Å². The Morgan fingerprint density at radius 1 is 1.06 bits per heavy atom. The van der Waals surface area contributed by atoms with Gasteiger partial charge in [-0.05, 0) is 30.7 Å². The van der Waals surface area contributed by atoms with Gasteiger partial charge in [-0.3, -0.25) is 0 Å². The predicted molar refractivity (Wildman–Crippen MR) is 122 cm³/mol. The van der Waals surface area contributed by atoms with E-state index in [-0.39, 0.29) is 12.1 Å². The molecule has 0 aliphatic rings. The first-order valence-corrected chi connectivity index (χ1v) is 10.9. The van der Waals surface area contributed by atoms with E-state index in [4.69, 9.17) is 0 Å². The van der Waals surface area contributed by atoms with Crippen molar-refractivity contribution in [1.82, 2.24) is 44.1 Å². The van der Waals surface area contributed by atoms with Gasteiger partial charge in [0.1, 0.15) is 36.2 Å². The van der Waals surface area contributed by atoms with E-state index in [0.717, 1.165) is 22.4 Å². The highest BCUT2D eigenvalue weighted by atomic mass is 19.1. The van der Waals surface area contributed by atoms with Gasteiger partial charge in [0.25, 0.3) is 0 Å². The molecular formula is C23H21F2N9O2. The molecule has 184 valence electrons. The van der Waals surface area contributed by atoms with Crippen molar-refractivity contribution in [3.63, 3.8) is 0 Å². The number of nitrogens with zero attached hydrogens (tertiary/aromatic N) is 9. The van der Waals surface area contributed by atoms with Gasteiger partial charge >= 0.3 is 5.69 Å². The number of aliphatic hydroxyl groups is 1. The van der Waals surface area contributed by atoms with Crippen LogP contribution in [0.3, 0.4) is 0 Å². The van der Waals surface area contributed by atoms with Crippen LogP contribution in [0.1, 0.15) is 24.1 Å². The standard InChI is InChI=1S/C23H21F2N9O2/c1-16(23(36,12-32-14-26-13-28-32)20-7-4-18(24)10-21(20)25)34-22(35)33(15-29-34)19-5-2-17(3-6-19)11-31-9-8-27-30-31/h2-10,13-16,36H,11-12H2,1H3/t16-,23-/m1/s1. The third-order valence-corrected chi connectivity index (χ3v) is 6.05. The number of hydrogen-bond acceptors (Lipinski definition) is 7. The first-order valence-electron chi connectivity index (χ1n) is 10.9. The molecular weight excluding hydrogens is 472 g/mol. The van der Waals surface area contributed by atoms with E-state index in [1.54, 1.807) is 29.2 Å². The number of aromatic nitrogens is 9. The Labute approximate surface area is 202 Å². The molecule has 1 N–H and O–H groups in total. The molecule has 0 saturated heterocycles. The van der Waals surface area contributed by atoms with Gasteiger partial charge in [-0.25, -0.2) is 37.2 Å². The smallest absolute Gasteiger partial charge is 0.350 e. The van der Waals surface area contributed by atoms with Crippen LogP contribution in [-0.4, -0.2) is 49.2 Å². The second kappa shape index (κ2) is 9.26. The zero-order valence-corrected chi connectivity index (χ0v) is 19.1. The fourth-order valence-electron chi connectivity index (χ4n) is 4.07. The van der Waals surface area contributed by atoms with Crippen LogP contribution >= 0.6 is 0 Å². The van der Waals surface area contributed by atoms with Crippen molar-refractivity contribution in [2.75, 3.05) is 0 Å². The number of hydrogen-bond donors (Lipinski definition) is 1. The summed E-state index contributed by atoms with van der Waals surface area (Å²) in [5.41, 5.74) is -1.27. The molecule has 0 aliphatic heterocycles. The van der Waals surface area contributed by atoms with Gasteiger partial charge in [-0.1, -0.05) is 23.4 Å². The normalized spacial score (nSPS) is 14.0. The highest BCUT2D eigenvalue weighted by Gasteiger charge is 2.41. The fourth-order valence-corrected chi connectivity index (χ4v) is 4.07. The highest BCUT2D eigenvalue weighted by Crippen LogP contribution is 2.35. The van der Waals surface area contributed by atoms with E-state index in [2.05, 4.69) is 25.5 Å². The molecule has 0 radical (unpaired) electrons. The van der Waals surface area contributed by atoms with Crippen molar-refractivity contribution in [2.24, 2.45) is 0 Å². The van der Waals surface area contributed by atoms with Crippen LogP contribution in [0.4, 0.5) is 8.78 Å². The lowest BCUT2D eigenvalue weighted by Crippen LogP contribution is -2.44. The summed E-state index contributed by atoms with van der Waals surface area (Å²) in [7, 11) is 0. The van der Waals surface area contributed by atoms with Gasteiger partial charge in [0, 0.05) is 17.8 Å². The van der Waals surface area contributed by atoms with E-state index < -0.39 is 29.0 Å². The maximum Gasteiger partial charge on any atom is 0.350 e. The predicted octanol–water partition coefficient (Wildman–Crippen LogP) is 1.69. The molecule has 0 aliphatic carbocycles. The first kappa shape index (κ1) is 23.2. The molecule has 0 fully saturated rings. The fraction of sp³-hybridized carbons (Fsp3) is 0.217. The van der Waals surface area contributed by atoms with Crippen LogP contribution in [-0.2, 0) is 18.7 Å². The summed E-state index contributed by atoms with van der Waals surface area (Å²) < 4.78 is 33.8. The molecule has 2 aromatic carbocycles. The van der Waals surface area contributed by atoms with Crippen LogP contribution in [0, 0.1) is 11.6 Å². The maximum absolute atomic E-state index is 14.8. The van der Waals surface area contributed by atoms with Gasteiger partial charge in [-0.15, -0.1) is 5.10 Å². The minimum absolute atomic E-state index is 0.203. The van der Waals surface area contributed by atoms with Gasteiger partial charge in [0.15, 0.2) is 0 Å². The first-order chi connectivity index (χ1) is 17.3. The zero-order valence-electron chi connectivity index (χ0n) is 19.1. The van der Waals surface area contributed by atoms with Crippen LogP contribution < -0.4 is 5.69 Å². The summed E-state index contributed by atoms with van der Waals surface area (Å²) in [5.74, 6) is -1.75. The van der Waals surface area contributed by atoms with Crippen molar-refractivity contribution < 1.29 is 13.9 Å². The second-order valence-electron chi connectivity index (χ2n) is 8.31. The lowest BCUT2D eigenvalue weighted by Gasteiger charge is -2.34. The molecule has 3 heterocycles. The van der Waals surface area contributed by atoms with Crippen molar-refractivity contribution in [2.45, 2.75) is 31.7 Å². The molecule has 0 spiro atoms. The molecule has 11 nitrogen and oxygen atoms in total. The van der Waals surface area contributed by atoms with Crippen LogP contribution in [0.25, 0.3) is 5.69 Å². The lowest BCUT2D eigenvalue weighted by atomic mass is 9.86. The SMILES string of the molecule is C[C@@H](n1ncn(-c2ccc(Cn3ccnn3)cc2)c1=O)[C@](O)(Cn1cncn1)c1ccc(F)cc1F. The number of rotatable bonds is 8. The Balaban J connectivity index is 1.49. The number of halogens is 2. The van der Waals surface area contributed by atoms with Crippen molar-refractivity contribution in [3.8, 4) is 5.69 Å². The summed E-state index contributed by atoms with van der Waals surface area (Å²) >= 11 is 0. The van der Waals surface area contributed by atoms with Crippen molar-refractivity contribution in [1.29, 1.82) is 0 Å². The van der Waals surface area contributed by atoms with E-state index >= 15 is 0 Å². The molecule has 0 bridgehead atoms. The Morgan fingerprint density at radius 2 is 1.86 bits per heavy atom. The third kappa shape index (κ3) is 4.31. The minimum Gasteiger partial charge on any atom is -0.381 e. The van der Waals surface area contributed by atoms with Crippen LogP contribution in [0.2, 0.25) is 0 Å². The third-order valence-electron chi connectivity index (χ3n) is 6.05. The van der Waals surface area contributed by atoms with E-state index in [9.17, 15) is 18.7 Å².